The number of anilines is 1. The molecule has 26 heavy (non-hydrogen) atoms. The molecule has 0 heterocycles. The molecule has 0 radical (unpaired) electrons. The summed E-state index contributed by atoms with van der Waals surface area (Å²) in [4.78, 5) is 24.8. The fourth-order valence-electron chi connectivity index (χ4n) is 2.27. The van der Waals surface area contributed by atoms with E-state index in [0.29, 0.717) is 42.6 Å². The maximum atomic E-state index is 12.6. The molecule has 6 heteroatoms. The molecule has 0 unspecified atom stereocenters. The van der Waals surface area contributed by atoms with Crippen LogP contribution in [0.1, 0.15) is 58.3 Å². The molecule has 1 aromatic carbocycles. The number of hydrogen-bond donors (Lipinski definition) is 1. The van der Waals surface area contributed by atoms with Crippen LogP contribution in [0.4, 0.5) is 5.69 Å². The van der Waals surface area contributed by atoms with Crippen molar-refractivity contribution in [2.75, 3.05) is 25.1 Å². The van der Waals surface area contributed by atoms with Gasteiger partial charge >= 0.3 is 5.97 Å². The third-order valence-electron chi connectivity index (χ3n) is 3.92. The third-order valence-corrected chi connectivity index (χ3v) is 3.92. The van der Waals surface area contributed by atoms with Crippen molar-refractivity contribution in [2.45, 2.75) is 53.6 Å². The van der Waals surface area contributed by atoms with E-state index < -0.39 is 11.6 Å². The molecule has 1 amide bonds. The van der Waals surface area contributed by atoms with Gasteiger partial charge in [-0.3, -0.25) is 4.79 Å². The lowest BCUT2D eigenvalue weighted by Gasteiger charge is -2.27. The first kappa shape index (κ1) is 22.0. The summed E-state index contributed by atoms with van der Waals surface area (Å²) in [5.74, 6) is 0.0250. The molecule has 1 N–H and O–H groups in total. The normalized spacial score (nSPS) is 13.2. The van der Waals surface area contributed by atoms with Crippen LogP contribution in [0.2, 0.25) is 0 Å². The topological polar surface area (TPSA) is 73.9 Å². The van der Waals surface area contributed by atoms with Crippen molar-refractivity contribution in [2.24, 2.45) is 5.92 Å². The van der Waals surface area contributed by atoms with Crippen molar-refractivity contribution >= 4 is 17.6 Å². The van der Waals surface area contributed by atoms with Gasteiger partial charge in [-0.1, -0.05) is 20.8 Å². The Morgan fingerprint density at radius 1 is 1.15 bits per heavy atom. The largest absolute Gasteiger partial charge is 0.492 e. The van der Waals surface area contributed by atoms with Gasteiger partial charge in [0.05, 0.1) is 13.2 Å². The smallest absolute Gasteiger partial charge is 0.341 e. The van der Waals surface area contributed by atoms with Crippen LogP contribution in [-0.4, -0.2) is 37.3 Å². The van der Waals surface area contributed by atoms with Gasteiger partial charge in [0.25, 0.3) is 5.91 Å². The average molecular weight is 365 g/mol. The number of carbonyl (C=O) groups excluding carboxylic acids is 2. The van der Waals surface area contributed by atoms with Gasteiger partial charge < -0.3 is 19.5 Å². The summed E-state index contributed by atoms with van der Waals surface area (Å²) >= 11 is 0. The Labute approximate surface area is 156 Å². The predicted molar refractivity (Wildman–Crippen MR) is 102 cm³/mol. The summed E-state index contributed by atoms with van der Waals surface area (Å²) in [6.07, 6.45) is 0.535. The second kappa shape index (κ2) is 10.2. The zero-order valence-corrected chi connectivity index (χ0v) is 16.7. The second-order valence-corrected chi connectivity index (χ2v) is 6.61. The number of esters is 1. The SMILES string of the molecule is CCOC(=O)c1cc(NC(=O)[C@](C)(CC)OCC)ccc1OCC(C)C. The van der Waals surface area contributed by atoms with Gasteiger partial charge in [-0.15, -0.1) is 0 Å². The molecule has 146 valence electrons. The second-order valence-electron chi connectivity index (χ2n) is 6.61. The van der Waals surface area contributed by atoms with Gasteiger partial charge in [0, 0.05) is 12.3 Å². The third kappa shape index (κ3) is 6.02. The average Bonchev–Trinajstić information content (AvgIpc) is 2.60. The molecular weight excluding hydrogens is 334 g/mol. The van der Waals surface area contributed by atoms with Gasteiger partial charge in [0.2, 0.25) is 0 Å². The van der Waals surface area contributed by atoms with E-state index in [4.69, 9.17) is 14.2 Å². The standard InChI is InChI=1S/C20H31NO5/c1-7-20(6,26-9-3)19(23)21-15-10-11-17(25-13-14(4)5)16(12-15)18(22)24-8-2/h10-12,14H,7-9,13H2,1-6H3,(H,21,23)/t20-/m0/s1. The van der Waals surface area contributed by atoms with Crippen LogP contribution in [0.5, 0.6) is 5.75 Å². The molecule has 1 aromatic rings. The summed E-state index contributed by atoms with van der Waals surface area (Å²) in [7, 11) is 0. The number of benzene rings is 1. The highest BCUT2D eigenvalue weighted by Crippen LogP contribution is 2.26. The highest BCUT2D eigenvalue weighted by molar-refractivity contribution is 5.99. The molecule has 0 fully saturated rings. The molecule has 0 saturated heterocycles. The number of rotatable bonds is 10. The Morgan fingerprint density at radius 2 is 1.85 bits per heavy atom. The molecule has 0 aliphatic rings. The summed E-state index contributed by atoms with van der Waals surface area (Å²) in [6.45, 7) is 12.5. The molecule has 6 nitrogen and oxygen atoms in total. The maximum absolute atomic E-state index is 12.6. The Kier molecular flexibility index (Phi) is 8.58. The number of carbonyl (C=O) groups is 2. The van der Waals surface area contributed by atoms with E-state index in [1.54, 1.807) is 32.0 Å². The number of amides is 1. The van der Waals surface area contributed by atoms with Crippen LogP contribution in [0.15, 0.2) is 18.2 Å². The Morgan fingerprint density at radius 3 is 2.38 bits per heavy atom. The molecule has 0 aliphatic heterocycles. The Balaban J connectivity index is 3.07. The lowest BCUT2D eigenvalue weighted by molar-refractivity contribution is -0.139. The van der Waals surface area contributed by atoms with Crippen LogP contribution in [0.25, 0.3) is 0 Å². The summed E-state index contributed by atoms with van der Waals surface area (Å²) in [5, 5.41) is 2.82. The van der Waals surface area contributed by atoms with Crippen LogP contribution in [0, 0.1) is 5.92 Å². The number of hydrogen-bond acceptors (Lipinski definition) is 5. The van der Waals surface area contributed by atoms with Crippen molar-refractivity contribution in [3.8, 4) is 5.75 Å². The van der Waals surface area contributed by atoms with E-state index in [1.165, 1.54) is 0 Å². The maximum Gasteiger partial charge on any atom is 0.341 e. The zero-order chi connectivity index (χ0) is 19.7. The summed E-state index contributed by atoms with van der Waals surface area (Å²) < 4.78 is 16.4. The fourth-order valence-corrected chi connectivity index (χ4v) is 2.27. The van der Waals surface area contributed by atoms with E-state index in [2.05, 4.69) is 5.32 Å². The minimum Gasteiger partial charge on any atom is -0.492 e. The zero-order valence-electron chi connectivity index (χ0n) is 16.7. The van der Waals surface area contributed by atoms with Gasteiger partial charge in [0.1, 0.15) is 16.9 Å². The van der Waals surface area contributed by atoms with Crippen molar-refractivity contribution in [1.29, 1.82) is 0 Å². The van der Waals surface area contributed by atoms with Gasteiger partial charge in [-0.05, 0) is 51.3 Å². The Bertz CT molecular complexity index is 614. The van der Waals surface area contributed by atoms with Gasteiger partial charge in [0.15, 0.2) is 0 Å². The molecule has 0 saturated carbocycles. The first-order valence-electron chi connectivity index (χ1n) is 9.16. The predicted octanol–water partition coefficient (Wildman–Crippen LogP) is 4.04. The van der Waals surface area contributed by atoms with E-state index in [9.17, 15) is 9.59 Å². The fraction of sp³-hybridized carbons (Fsp3) is 0.600. The van der Waals surface area contributed by atoms with E-state index in [-0.39, 0.29) is 12.5 Å². The van der Waals surface area contributed by atoms with Gasteiger partial charge in [-0.25, -0.2) is 4.79 Å². The van der Waals surface area contributed by atoms with Crippen molar-refractivity contribution < 1.29 is 23.8 Å². The number of ether oxygens (including phenoxy) is 3. The minimum atomic E-state index is -0.925. The molecule has 1 atom stereocenters. The molecule has 0 spiro atoms. The first-order chi connectivity index (χ1) is 12.3. The monoisotopic (exact) mass is 365 g/mol. The van der Waals surface area contributed by atoms with Crippen molar-refractivity contribution in [3.05, 3.63) is 23.8 Å². The van der Waals surface area contributed by atoms with Crippen LogP contribution in [0.3, 0.4) is 0 Å². The van der Waals surface area contributed by atoms with Crippen molar-refractivity contribution in [1.82, 2.24) is 0 Å². The van der Waals surface area contributed by atoms with E-state index >= 15 is 0 Å². The molecule has 0 aliphatic carbocycles. The van der Waals surface area contributed by atoms with Gasteiger partial charge in [-0.2, -0.15) is 0 Å². The number of nitrogens with one attached hydrogen (secondary N) is 1. The Hall–Kier alpha value is -2.08. The molecular formula is C20H31NO5. The van der Waals surface area contributed by atoms with Crippen molar-refractivity contribution in [3.63, 3.8) is 0 Å². The first-order valence-corrected chi connectivity index (χ1v) is 9.16. The summed E-state index contributed by atoms with van der Waals surface area (Å²) in [5.41, 5.74) is -0.139. The molecule has 0 aromatic heterocycles. The summed E-state index contributed by atoms with van der Waals surface area (Å²) in [6, 6.07) is 4.96. The van der Waals surface area contributed by atoms with E-state index in [0.717, 1.165) is 0 Å². The molecule has 0 bridgehead atoms. The lowest BCUT2D eigenvalue weighted by Crippen LogP contribution is -2.42. The quantitative estimate of drug-likeness (QED) is 0.633. The highest BCUT2D eigenvalue weighted by atomic mass is 16.5. The highest BCUT2D eigenvalue weighted by Gasteiger charge is 2.32. The van der Waals surface area contributed by atoms with Crippen LogP contribution < -0.4 is 10.1 Å². The lowest BCUT2D eigenvalue weighted by atomic mass is 10.0. The van der Waals surface area contributed by atoms with Crippen LogP contribution >= 0.6 is 0 Å². The van der Waals surface area contributed by atoms with E-state index in [1.807, 2.05) is 27.7 Å². The molecule has 1 rings (SSSR count). The van der Waals surface area contributed by atoms with Crippen LogP contribution in [-0.2, 0) is 14.3 Å². The minimum absolute atomic E-state index is 0.257.